The van der Waals surface area contributed by atoms with Gasteiger partial charge in [-0.3, -0.25) is 0 Å². The Morgan fingerprint density at radius 3 is 2.81 bits per heavy atom. The van der Waals surface area contributed by atoms with Crippen LogP contribution in [0.15, 0.2) is 12.1 Å². The van der Waals surface area contributed by atoms with Crippen LogP contribution in [0, 0.1) is 0 Å². The molecule has 3 rings (SSSR count). The molecule has 0 aliphatic carbocycles. The summed E-state index contributed by atoms with van der Waals surface area (Å²) < 4.78 is 11.4. The van der Waals surface area contributed by atoms with Gasteiger partial charge in [-0.1, -0.05) is 0 Å². The number of hydrogen-bond donors (Lipinski definition) is 1. The molecule has 0 radical (unpaired) electrons. The molecule has 1 aromatic carbocycles. The zero-order valence-corrected chi connectivity index (χ0v) is 13.3. The van der Waals surface area contributed by atoms with E-state index < -0.39 is 0 Å². The van der Waals surface area contributed by atoms with Crippen molar-refractivity contribution in [2.24, 2.45) is 0 Å². The molecule has 21 heavy (non-hydrogen) atoms. The van der Waals surface area contributed by atoms with Gasteiger partial charge in [-0.05, 0) is 52.0 Å². The van der Waals surface area contributed by atoms with Crippen LogP contribution in [0.2, 0.25) is 0 Å². The van der Waals surface area contributed by atoms with Crippen LogP contribution in [0.25, 0.3) is 0 Å². The summed E-state index contributed by atoms with van der Waals surface area (Å²) >= 11 is 0. The first kappa shape index (κ1) is 14.7. The summed E-state index contributed by atoms with van der Waals surface area (Å²) in [5.41, 5.74) is 2.46. The molecular weight excluding hydrogens is 264 g/mol. The fourth-order valence-electron chi connectivity index (χ4n) is 3.28. The highest BCUT2D eigenvalue weighted by molar-refractivity contribution is 5.48. The van der Waals surface area contributed by atoms with Gasteiger partial charge >= 0.3 is 0 Å². The Labute approximate surface area is 127 Å². The molecule has 0 amide bonds. The van der Waals surface area contributed by atoms with Crippen LogP contribution >= 0.6 is 0 Å². The second-order valence-corrected chi connectivity index (χ2v) is 6.36. The Kier molecular flexibility index (Phi) is 4.36. The molecule has 0 bridgehead atoms. The monoisotopic (exact) mass is 290 g/mol. The first-order valence-electron chi connectivity index (χ1n) is 7.94. The molecule has 1 saturated heterocycles. The minimum absolute atomic E-state index is 0.279. The fraction of sp³-hybridized carbons (Fsp3) is 0.647. The normalized spacial score (nSPS) is 22.9. The quantitative estimate of drug-likeness (QED) is 0.922. The predicted molar refractivity (Wildman–Crippen MR) is 84.1 cm³/mol. The van der Waals surface area contributed by atoms with Crippen LogP contribution in [0.1, 0.15) is 30.9 Å². The number of piperidine rings is 1. The minimum atomic E-state index is 0.279. The van der Waals surface area contributed by atoms with Gasteiger partial charge in [0.1, 0.15) is 17.6 Å². The predicted octanol–water partition coefficient (Wildman–Crippen LogP) is 2.20. The summed E-state index contributed by atoms with van der Waals surface area (Å²) in [5.74, 6) is 2.01. The Hall–Kier alpha value is -1.26. The highest BCUT2D eigenvalue weighted by Gasteiger charge is 2.22. The largest absolute Gasteiger partial charge is 0.496 e. The Morgan fingerprint density at radius 1 is 1.33 bits per heavy atom. The number of fused-ring (bicyclic) bond motifs is 1. The number of likely N-dealkylation sites (tertiary alicyclic amines) is 1. The summed E-state index contributed by atoms with van der Waals surface area (Å²) in [4.78, 5) is 2.39. The third kappa shape index (κ3) is 3.33. The summed E-state index contributed by atoms with van der Waals surface area (Å²) in [6.07, 6.45) is 3.70. The van der Waals surface area contributed by atoms with Crippen LogP contribution in [0.5, 0.6) is 11.5 Å². The Balaban J connectivity index is 1.66. The van der Waals surface area contributed by atoms with Gasteiger partial charge in [-0.15, -0.1) is 0 Å². The highest BCUT2D eigenvalue weighted by atomic mass is 16.5. The van der Waals surface area contributed by atoms with Crippen molar-refractivity contribution in [3.8, 4) is 11.5 Å². The average Bonchev–Trinajstić information content (AvgIpc) is 2.84. The molecule has 116 valence electrons. The van der Waals surface area contributed by atoms with E-state index in [1.54, 1.807) is 7.11 Å². The second kappa shape index (κ2) is 6.24. The topological polar surface area (TPSA) is 33.7 Å². The third-order valence-electron chi connectivity index (χ3n) is 4.60. The number of hydrogen-bond acceptors (Lipinski definition) is 4. The molecule has 2 aliphatic heterocycles. The zero-order chi connectivity index (χ0) is 14.8. The zero-order valence-electron chi connectivity index (χ0n) is 13.3. The van der Waals surface area contributed by atoms with Crippen LogP contribution in [-0.2, 0) is 13.0 Å². The van der Waals surface area contributed by atoms with Crippen LogP contribution in [-0.4, -0.2) is 44.3 Å². The molecule has 4 heteroatoms. The second-order valence-electron chi connectivity index (χ2n) is 6.36. The maximum absolute atomic E-state index is 5.86. The number of rotatable bonds is 4. The van der Waals surface area contributed by atoms with Crippen molar-refractivity contribution in [2.75, 3.05) is 27.2 Å². The maximum atomic E-state index is 5.86. The number of nitrogens with one attached hydrogen (secondary N) is 1. The lowest BCUT2D eigenvalue weighted by Crippen LogP contribution is -2.40. The number of benzene rings is 1. The van der Waals surface area contributed by atoms with E-state index in [1.165, 1.54) is 37.1 Å². The van der Waals surface area contributed by atoms with Crippen LogP contribution in [0.4, 0.5) is 0 Å². The molecule has 2 heterocycles. The fourth-order valence-corrected chi connectivity index (χ4v) is 3.28. The lowest BCUT2D eigenvalue weighted by molar-refractivity contribution is 0.233. The maximum Gasteiger partial charge on any atom is 0.123 e. The van der Waals surface area contributed by atoms with Gasteiger partial charge < -0.3 is 19.7 Å². The number of nitrogens with zero attached hydrogens (tertiary/aromatic N) is 1. The lowest BCUT2D eigenvalue weighted by Gasteiger charge is -2.29. The average molecular weight is 290 g/mol. The highest BCUT2D eigenvalue weighted by Crippen LogP contribution is 2.35. The van der Waals surface area contributed by atoms with Gasteiger partial charge in [0.15, 0.2) is 0 Å². The van der Waals surface area contributed by atoms with Crippen molar-refractivity contribution in [1.29, 1.82) is 0 Å². The smallest absolute Gasteiger partial charge is 0.123 e. The first-order valence-corrected chi connectivity index (χ1v) is 7.94. The van der Waals surface area contributed by atoms with E-state index in [9.17, 15) is 0 Å². The third-order valence-corrected chi connectivity index (χ3v) is 4.60. The van der Waals surface area contributed by atoms with Crippen molar-refractivity contribution in [3.63, 3.8) is 0 Å². The van der Waals surface area contributed by atoms with Crippen molar-refractivity contribution < 1.29 is 9.47 Å². The van der Waals surface area contributed by atoms with Crippen LogP contribution in [0.3, 0.4) is 0 Å². The lowest BCUT2D eigenvalue weighted by atomic mass is 10.0. The van der Waals surface area contributed by atoms with E-state index in [1.807, 2.05) is 0 Å². The van der Waals surface area contributed by atoms with Gasteiger partial charge in [-0.25, -0.2) is 0 Å². The molecule has 1 unspecified atom stereocenters. The van der Waals surface area contributed by atoms with Gasteiger partial charge in [0.2, 0.25) is 0 Å². The van der Waals surface area contributed by atoms with E-state index in [4.69, 9.17) is 9.47 Å². The van der Waals surface area contributed by atoms with E-state index in [-0.39, 0.29) is 6.10 Å². The summed E-state index contributed by atoms with van der Waals surface area (Å²) in [5, 5.41) is 3.67. The molecule has 4 nitrogen and oxygen atoms in total. The van der Waals surface area contributed by atoms with E-state index in [0.29, 0.717) is 6.04 Å². The Morgan fingerprint density at radius 2 is 2.10 bits per heavy atom. The van der Waals surface area contributed by atoms with Gasteiger partial charge in [0.05, 0.1) is 7.11 Å². The molecule has 1 fully saturated rings. The van der Waals surface area contributed by atoms with Crippen molar-refractivity contribution >= 4 is 0 Å². The Bertz CT molecular complexity index is 496. The van der Waals surface area contributed by atoms with Crippen molar-refractivity contribution in [3.05, 3.63) is 23.3 Å². The number of methoxy groups -OCH3 is 1. The van der Waals surface area contributed by atoms with E-state index in [0.717, 1.165) is 24.5 Å². The molecule has 2 aliphatic rings. The standard InChI is InChI=1S/C17H26N2O2/c1-12-8-13-9-16(20-3)14(10-17(13)21-12)11-18-15-4-6-19(2)7-5-15/h9-10,12,15,18H,4-8,11H2,1-3H3. The van der Waals surface area contributed by atoms with Crippen molar-refractivity contribution in [1.82, 2.24) is 10.2 Å². The van der Waals surface area contributed by atoms with Crippen LogP contribution < -0.4 is 14.8 Å². The summed E-state index contributed by atoms with van der Waals surface area (Å²) in [7, 11) is 3.94. The SMILES string of the molecule is COc1cc2c(cc1CNC1CCN(C)CC1)OC(C)C2. The number of ether oxygens (including phenoxy) is 2. The molecule has 1 aromatic rings. The van der Waals surface area contributed by atoms with E-state index >= 15 is 0 Å². The summed E-state index contributed by atoms with van der Waals surface area (Å²) in [6, 6.07) is 4.91. The molecule has 1 N–H and O–H groups in total. The van der Waals surface area contributed by atoms with Gasteiger partial charge in [-0.2, -0.15) is 0 Å². The molecule has 0 saturated carbocycles. The van der Waals surface area contributed by atoms with Crippen molar-refractivity contribution in [2.45, 2.75) is 44.9 Å². The molecule has 0 spiro atoms. The first-order chi connectivity index (χ1) is 10.2. The molecular formula is C17H26N2O2. The van der Waals surface area contributed by atoms with E-state index in [2.05, 4.69) is 36.3 Å². The minimum Gasteiger partial charge on any atom is -0.496 e. The molecule has 1 atom stereocenters. The van der Waals surface area contributed by atoms with Gasteiger partial charge in [0.25, 0.3) is 0 Å². The molecule has 0 aromatic heterocycles. The summed E-state index contributed by atoms with van der Waals surface area (Å²) in [6.45, 7) is 5.32. The van der Waals surface area contributed by atoms with Gasteiger partial charge in [0, 0.05) is 30.1 Å².